The van der Waals surface area contributed by atoms with E-state index in [0.29, 0.717) is 21.3 Å². The largest absolute Gasteiger partial charge is 0.451 e. The molecule has 1 atom stereocenters. The number of carbonyl (C=O) groups excluding carboxylic acids is 3. The SMILES string of the molecule is C[C@@H](OC(=O)CNC(=O)c1ccccc1)C(=O)Nc1cc(Cl)cc(Cl)c1. The summed E-state index contributed by atoms with van der Waals surface area (Å²) >= 11 is 11.7. The van der Waals surface area contributed by atoms with Crippen molar-refractivity contribution in [1.82, 2.24) is 5.32 Å². The second-order valence-corrected chi connectivity index (χ2v) is 6.20. The molecule has 0 saturated carbocycles. The van der Waals surface area contributed by atoms with E-state index in [1.54, 1.807) is 30.3 Å². The molecule has 0 saturated heterocycles. The molecule has 0 aliphatic carbocycles. The number of ether oxygens (including phenoxy) is 1. The zero-order chi connectivity index (χ0) is 19.1. The van der Waals surface area contributed by atoms with Crippen LogP contribution in [-0.4, -0.2) is 30.4 Å². The Morgan fingerprint density at radius 2 is 1.65 bits per heavy atom. The van der Waals surface area contributed by atoms with E-state index in [4.69, 9.17) is 27.9 Å². The quantitative estimate of drug-likeness (QED) is 0.736. The van der Waals surface area contributed by atoms with Gasteiger partial charge in [0.25, 0.3) is 11.8 Å². The molecule has 26 heavy (non-hydrogen) atoms. The number of anilines is 1. The molecule has 8 heteroatoms. The Balaban J connectivity index is 1.82. The van der Waals surface area contributed by atoms with E-state index in [0.717, 1.165) is 0 Å². The van der Waals surface area contributed by atoms with E-state index in [-0.39, 0.29) is 6.54 Å². The van der Waals surface area contributed by atoms with Gasteiger partial charge in [0.05, 0.1) is 0 Å². The van der Waals surface area contributed by atoms with Crippen molar-refractivity contribution < 1.29 is 19.1 Å². The summed E-state index contributed by atoms with van der Waals surface area (Å²) in [5, 5.41) is 5.70. The fraction of sp³-hybridized carbons (Fsp3) is 0.167. The van der Waals surface area contributed by atoms with Gasteiger partial charge in [-0.05, 0) is 37.3 Å². The Morgan fingerprint density at radius 1 is 1.04 bits per heavy atom. The van der Waals surface area contributed by atoms with Crippen molar-refractivity contribution >= 4 is 46.7 Å². The van der Waals surface area contributed by atoms with Crippen LogP contribution in [0.2, 0.25) is 10.0 Å². The molecule has 2 amide bonds. The van der Waals surface area contributed by atoms with Gasteiger partial charge in [-0.1, -0.05) is 41.4 Å². The second-order valence-electron chi connectivity index (χ2n) is 5.33. The van der Waals surface area contributed by atoms with E-state index in [1.807, 2.05) is 0 Å². The molecule has 0 spiro atoms. The Morgan fingerprint density at radius 3 is 2.27 bits per heavy atom. The molecule has 0 heterocycles. The molecule has 0 aliphatic heterocycles. The van der Waals surface area contributed by atoms with Crippen LogP contribution in [0.4, 0.5) is 5.69 Å². The zero-order valence-corrected chi connectivity index (χ0v) is 15.3. The minimum absolute atomic E-state index is 0.353. The van der Waals surface area contributed by atoms with Gasteiger partial charge in [-0.2, -0.15) is 0 Å². The van der Waals surface area contributed by atoms with E-state index >= 15 is 0 Å². The number of esters is 1. The average molecular weight is 395 g/mol. The van der Waals surface area contributed by atoms with E-state index in [1.165, 1.54) is 25.1 Å². The topological polar surface area (TPSA) is 84.5 Å². The molecule has 0 bridgehead atoms. The third kappa shape index (κ3) is 6.06. The van der Waals surface area contributed by atoms with Gasteiger partial charge in [0, 0.05) is 21.3 Å². The molecule has 2 aromatic carbocycles. The number of hydrogen-bond donors (Lipinski definition) is 2. The lowest BCUT2D eigenvalue weighted by atomic mass is 10.2. The molecular weight excluding hydrogens is 379 g/mol. The van der Waals surface area contributed by atoms with Crippen LogP contribution in [0.5, 0.6) is 0 Å². The van der Waals surface area contributed by atoms with Gasteiger partial charge < -0.3 is 15.4 Å². The normalized spacial score (nSPS) is 11.3. The third-order valence-electron chi connectivity index (χ3n) is 3.24. The highest BCUT2D eigenvalue weighted by molar-refractivity contribution is 6.35. The number of hydrogen-bond acceptors (Lipinski definition) is 4. The second kappa shape index (κ2) is 9.22. The summed E-state index contributed by atoms with van der Waals surface area (Å²) < 4.78 is 5.00. The fourth-order valence-electron chi connectivity index (χ4n) is 2.01. The molecular formula is C18H16Cl2N2O4. The van der Waals surface area contributed by atoms with Crippen molar-refractivity contribution in [3.05, 3.63) is 64.1 Å². The van der Waals surface area contributed by atoms with Gasteiger partial charge in [0.2, 0.25) is 0 Å². The van der Waals surface area contributed by atoms with Crippen LogP contribution in [0.3, 0.4) is 0 Å². The van der Waals surface area contributed by atoms with Gasteiger partial charge in [-0.3, -0.25) is 14.4 Å². The molecule has 2 N–H and O–H groups in total. The molecule has 136 valence electrons. The summed E-state index contributed by atoms with van der Waals surface area (Å²) in [6.07, 6.45) is -1.06. The van der Waals surface area contributed by atoms with Crippen LogP contribution < -0.4 is 10.6 Å². The predicted octanol–water partition coefficient (Wildman–Crippen LogP) is 3.29. The smallest absolute Gasteiger partial charge is 0.326 e. The molecule has 2 aromatic rings. The fourth-order valence-corrected chi connectivity index (χ4v) is 2.53. The first-order chi connectivity index (χ1) is 12.3. The monoisotopic (exact) mass is 394 g/mol. The first-order valence-corrected chi connectivity index (χ1v) is 8.40. The van der Waals surface area contributed by atoms with Crippen molar-refractivity contribution in [3.63, 3.8) is 0 Å². The predicted molar refractivity (Wildman–Crippen MR) is 99.4 cm³/mol. The third-order valence-corrected chi connectivity index (χ3v) is 3.67. The lowest BCUT2D eigenvalue weighted by Gasteiger charge is -2.14. The summed E-state index contributed by atoms with van der Waals surface area (Å²) in [6.45, 7) is 1.06. The summed E-state index contributed by atoms with van der Waals surface area (Å²) in [6, 6.07) is 13.0. The number of amides is 2. The van der Waals surface area contributed by atoms with Gasteiger partial charge >= 0.3 is 5.97 Å². The Bertz CT molecular complexity index is 792. The maximum Gasteiger partial charge on any atom is 0.326 e. The highest BCUT2D eigenvalue weighted by Gasteiger charge is 2.19. The van der Waals surface area contributed by atoms with Crippen molar-refractivity contribution in [2.24, 2.45) is 0 Å². The highest BCUT2D eigenvalue weighted by Crippen LogP contribution is 2.22. The minimum Gasteiger partial charge on any atom is -0.451 e. The van der Waals surface area contributed by atoms with Crippen LogP contribution >= 0.6 is 23.2 Å². The lowest BCUT2D eigenvalue weighted by Crippen LogP contribution is -2.35. The maximum absolute atomic E-state index is 12.1. The molecule has 0 aliphatic rings. The number of halogens is 2. The van der Waals surface area contributed by atoms with Crippen LogP contribution in [-0.2, 0) is 14.3 Å². The average Bonchev–Trinajstić information content (AvgIpc) is 2.59. The van der Waals surface area contributed by atoms with Crippen molar-refractivity contribution in [2.45, 2.75) is 13.0 Å². The molecule has 6 nitrogen and oxygen atoms in total. The number of carbonyl (C=O) groups is 3. The maximum atomic E-state index is 12.1. The summed E-state index contributed by atoms with van der Waals surface area (Å²) in [4.78, 5) is 35.7. The van der Waals surface area contributed by atoms with E-state index in [9.17, 15) is 14.4 Å². The van der Waals surface area contributed by atoms with E-state index in [2.05, 4.69) is 10.6 Å². The molecule has 0 aromatic heterocycles. The number of benzene rings is 2. The van der Waals surface area contributed by atoms with Crippen molar-refractivity contribution in [1.29, 1.82) is 0 Å². The number of nitrogens with one attached hydrogen (secondary N) is 2. The van der Waals surface area contributed by atoms with Gasteiger partial charge in [0.15, 0.2) is 6.10 Å². The first-order valence-electron chi connectivity index (χ1n) is 7.65. The molecule has 0 fully saturated rings. The summed E-state index contributed by atoms with van der Waals surface area (Å²) in [5.41, 5.74) is 0.803. The summed E-state index contributed by atoms with van der Waals surface area (Å²) in [7, 11) is 0. The van der Waals surface area contributed by atoms with Crippen LogP contribution in [0.25, 0.3) is 0 Å². The molecule has 0 unspecified atom stereocenters. The van der Waals surface area contributed by atoms with Gasteiger partial charge in [-0.15, -0.1) is 0 Å². The number of rotatable bonds is 6. The van der Waals surface area contributed by atoms with Gasteiger partial charge in [-0.25, -0.2) is 0 Å². The van der Waals surface area contributed by atoms with Crippen LogP contribution in [0.1, 0.15) is 17.3 Å². The Labute approximate surface area is 160 Å². The molecule has 2 rings (SSSR count). The molecule has 0 radical (unpaired) electrons. The summed E-state index contributed by atoms with van der Waals surface area (Å²) in [5.74, 6) is -1.69. The Hall–Kier alpha value is -2.57. The standard InChI is InChI=1S/C18H16Cl2N2O4/c1-11(17(24)22-15-8-13(19)7-14(20)9-15)26-16(23)10-21-18(25)12-5-3-2-4-6-12/h2-9,11H,10H2,1H3,(H,21,25)(H,22,24)/t11-/m1/s1. The van der Waals surface area contributed by atoms with Crippen molar-refractivity contribution in [3.8, 4) is 0 Å². The Kier molecular flexibility index (Phi) is 7.00. The zero-order valence-electron chi connectivity index (χ0n) is 13.8. The van der Waals surface area contributed by atoms with Crippen LogP contribution in [0.15, 0.2) is 48.5 Å². The van der Waals surface area contributed by atoms with E-state index < -0.39 is 23.9 Å². The van der Waals surface area contributed by atoms with Crippen LogP contribution in [0, 0.1) is 0 Å². The first kappa shape index (κ1) is 19.8. The van der Waals surface area contributed by atoms with Crippen molar-refractivity contribution in [2.75, 3.05) is 11.9 Å². The van der Waals surface area contributed by atoms with Gasteiger partial charge in [0.1, 0.15) is 6.54 Å². The lowest BCUT2D eigenvalue weighted by molar-refractivity contribution is -0.152. The highest BCUT2D eigenvalue weighted by atomic mass is 35.5. The minimum atomic E-state index is -1.06.